The Kier molecular flexibility index (Phi) is 2.24. The highest BCUT2D eigenvalue weighted by Gasteiger charge is 2.53. The van der Waals surface area contributed by atoms with Gasteiger partial charge in [0, 0.05) is 24.9 Å². The third kappa shape index (κ3) is 1.54. The van der Waals surface area contributed by atoms with Crippen molar-refractivity contribution >= 4 is 16.9 Å². The van der Waals surface area contributed by atoms with Gasteiger partial charge in [-0.15, -0.1) is 0 Å². The molecule has 3 aliphatic rings. The number of hydrogen-bond acceptors (Lipinski definition) is 6. The van der Waals surface area contributed by atoms with Crippen LogP contribution >= 0.6 is 0 Å². The first-order valence-corrected chi connectivity index (χ1v) is 7.72. The Morgan fingerprint density at radius 1 is 1.05 bits per heavy atom. The highest BCUT2D eigenvalue weighted by molar-refractivity contribution is 5.88. The van der Waals surface area contributed by atoms with Gasteiger partial charge in [-0.1, -0.05) is 5.16 Å². The molecule has 6 nitrogen and oxygen atoms in total. The molecule has 2 bridgehead atoms. The average molecular weight is 286 g/mol. The SMILES string of the molecule is Cc1nc(N2C[C@@H]3[C@H](C2)[C@H]2CC[C@@H]3O2)c2c(C)noc2n1. The summed E-state index contributed by atoms with van der Waals surface area (Å²) in [6.45, 7) is 5.92. The van der Waals surface area contributed by atoms with E-state index >= 15 is 0 Å². The summed E-state index contributed by atoms with van der Waals surface area (Å²) in [5.41, 5.74) is 1.47. The van der Waals surface area contributed by atoms with Gasteiger partial charge in [0.05, 0.1) is 17.9 Å². The first-order valence-electron chi connectivity index (χ1n) is 7.72. The van der Waals surface area contributed by atoms with E-state index in [0.29, 0.717) is 29.8 Å². The Bertz CT molecular complexity index is 710. The molecule has 0 N–H and O–H groups in total. The van der Waals surface area contributed by atoms with Gasteiger partial charge in [0.2, 0.25) is 0 Å². The standard InChI is InChI=1S/C15H18N4O2/c1-7-13-14(16-8(2)17-15(13)21-18-7)19-5-9-10(6-19)12-4-3-11(9)20-12/h9-12H,3-6H2,1-2H3/t9-,10+,11+,12-. The van der Waals surface area contributed by atoms with E-state index in [0.717, 1.165) is 35.8 Å². The molecule has 0 unspecified atom stereocenters. The predicted molar refractivity (Wildman–Crippen MR) is 76.2 cm³/mol. The molecule has 110 valence electrons. The Hall–Kier alpha value is -1.69. The van der Waals surface area contributed by atoms with E-state index in [4.69, 9.17) is 9.26 Å². The third-order valence-corrected chi connectivity index (χ3v) is 5.35. The first-order chi connectivity index (χ1) is 10.2. The van der Waals surface area contributed by atoms with Gasteiger partial charge >= 0.3 is 0 Å². The fourth-order valence-electron chi connectivity index (χ4n) is 4.43. The van der Waals surface area contributed by atoms with Gasteiger partial charge in [0.1, 0.15) is 17.0 Å². The molecule has 2 aromatic heterocycles. The van der Waals surface area contributed by atoms with Gasteiger partial charge < -0.3 is 14.2 Å². The minimum atomic E-state index is 0.465. The zero-order valence-electron chi connectivity index (χ0n) is 12.2. The lowest BCUT2D eigenvalue weighted by Gasteiger charge is -2.20. The van der Waals surface area contributed by atoms with Crippen LogP contribution in [0.15, 0.2) is 4.52 Å². The molecule has 3 saturated heterocycles. The van der Waals surface area contributed by atoms with E-state index in [1.807, 2.05) is 13.8 Å². The number of nitrogens with zero attached hydrogens (tertiary/aromatic N) is 4. The molecular weight excluding hydrogens is 268 g/mol. The Morgan fingerprint density at radius 2 is 1.76 bits per heavy atom. The minimum Gasteiger partial charge on any atom is -0.374 e. The summed E-state index contributed by atoms with van der Waals surface area (Å²) < 4.78 is 11.4. The summed E-state index contributed by atoms with van der Waals surface area (Å²) in [6, 6.07) is 0. The van der Waals surface area contributed by atoms with Crippen molar-refractivity contribution in [2.75, 3.05) is 18.0 Å². The molecular formula is C15H18N4O2. The summed E-state index contributed by atoms with van der Waals surface area (Å²) >= 11 is 0. The van der Waals surface area contributed by atoms with Gasteiger partial charge in [-0.2, -0.15) is 4.98 Å². The quantitative estimate of drug-likeness (QED) is 0.797. The summed E-state index contributed by atoms with van der Waals surface area (Å²) in [5.74, 6) is 3.05. The molecule has 21 heavy (non-hydrogen) atoms. The Morgan fingerprint density at radius 3 is 2.48 bits per heavy atom. The van der Waals surface area contributed by atoms with Crippen LogP contribution in [-0.4, -0.2) is 40.4 Å². The minimum absolute atomic E-state index is 0.465. The van der Waals surface area contributed by atoms with E-state index in [1.54, 1.807) is 0 Å². The molecule has 5 rings (SSSR count). The molecule has 0 aromatic carbocycles. The predicted octanol–water partition coefficient (Wildman–Crippen LogP) is 1.85. The maximum atomic E-state index is 6.05. The molecule has 2 aromatic rings. The van der Waals surface area contributed by atoms with Crippen LogP contribution in [0.1, 0.15) is 24.4 Å². The van der Waals surface area contributed by atoms with Crippen LogP contribution < -0.4 is 4.90 Å². The van der Waals surface area contributed by atoms with Crippen molar-refractivity contribution in [2.24, 2.45) is 11.8 Å². The van der Waals surface area contributed by atoms with Crippen molar-refractivity contribution in [3.05, 3.63) is 11.5 Å². The van der Waals surface area contributed by atoms with Gasteiger partial charge in [-0.25, -0.2) is 4.98 Å². The number of aryl methyl sites for hydroxylation is 2. The Labute approximate surface area is 122 Å². The Balaban J connectivity index is 1.58. The number of ether oxygens (including phenoxy) is 1. The topological polar surface area (TPSA) is 64.3 Å². The molecule has 0 radical (unpaired) electrons. The molecule has 0 aliphatic carbocycles. The fraction of sp³-hybridized carbons (Fsp3) is 0.667. The van der Waals surface area contributed by atoms with E-state index in [2.05, 4.69) is 20.0 Å². The number of fused-ring (bicyclic) bond motifs is 6. The summed E-state index contributed by atoms with van der Waals surface area (Å²) in [5, 5.41) is 5.02. The van der Waals surface area contributed by atoms with E-state index in [9.17, 15) is 0 Å². The van der Waals surface area contributed by atoms with Crippen molar-refractivity contribution in [2.45, 2.75) is 38.9 Å². The van der Waals surface area contributed by atoms with Crippen LogP contribution in [0.3, 0.4) is 0 Å². The molecule has 0 saturated carbocycles. The zero-order valence-corrected chi connectivity index (χ0v) is 12.2. The van der Waals surface area contributed by atoms with Crippen LogP contribution in [0.4, 0.5) is 5.82 Å². The van der Waals surface area contributed by atoms with Crippen LogP contribution in [0.2, 0.25) is 0 Å². The lowest BCUT2D eigenvalue weighted by molar-refractivity contribution is 0.0849. The molecule has 6 heteroatoms. The number of aromatic nitrogens is 3. The van der Waals surface area contributed by atoms with E-state index < -0.39 is 0 Å². The van der Waals surface area contributed by atoms with Gasteiger partial charge in [-0.05, 0) is 26.7 Å². The van der Waals surface area contributed by atoms with Crippen molar-refractivity contribution in [3.63, 3.8) is 0 Å². The van der Waals surface area contributed by atoms with Crippen molar-refractivity contribution in [1.82, 2.24) is 15.1 Å². The largest absolute Gasteiger partial charge is 0.374 e. The first kappa shape index (κ1) is 11.9. The van der Waals surface area contributed by atoms with Crippen molar-refractivity contribution in [3.8, 4) is 0 Å². The molecule has 0 spiro atoms. The number of rotatable bonds is 1. The summed E-state index contributed by atoms with van der Waals surface area (Å²) in [6.07, 6.45) is 3.38. The van der Waals surface area contributed by atoms with Crippen LogP contribution in [0.5, 0.6) is 0 Å². The third-order valence-electron chi connectivity index (χ3n) is 5.35. The smallest absolute Gasteiger partial charge is 0.263 e. The number of anilines is 1. The molecule has 0 amide bonds. The zero-order chi connectivity index (χ0) is 14.1. The molecule has 4 atom stereocenters. The van der Waals surface area contributed by atoms with Crippen LogP contribution in [0.25, 0.3) is 11.1 Å². The molecule has 5 heterocycles. The summed E-state index contributed by atoms with van der Waals surface area (Å²) in [7, 11) is 0. The summed E-state index contributed by atoms with van der Waals surface area (Å²) in [4.78, 5) is 11.4. The average Bonchev–Trinajstić information content (AvgIpc) is 3.17. The van der Waals surface area contributed by atoms with Crippen LogP contribution in [0, 0.1) is 25.7 Å². The van der Waals surface area contributed by atoms with Gasteiger partial charge in [-0.3, -0.25) is 0 Å². The molecule has 3 fully saturated rings. The highest BCUT2D eigenvalue weighted by Crippen LogP contribution is 2.48. The highest BCUT2D eigenvalue weighted by atomic mass is 16.5. The monoisotopic (exact) mass is 286 g/mol. The van der Waals surface area contributed by atoms with E-state index in [1.165, 1.54) is 12.8 Å². The van der Waals surface area contributed by atoms with E-state index in [-0.39, 0.29) is 0 Å². The second kappa shape index (κ2) is 3.94. The second-order valence-electron chi connectivity index (χ2n) is 6.57. The lowest BCUT2D eigenvalue weighted by Crippen LogP contribution is -2.25. The van der Waals surface area contributed by atoms with Crippen molar-refractivity contribution in [1.29, 1.82) is 0 Å². The van der Waals surface area contributed by atoms with Crippen LogP contribution in [-0.2, 0) is 4.74 Å². The normalized spacial score (nSPS) is 34.1. The maximum Gasteiger partial charge on any atom is 0.263 e. The fourth-order valence-corrected chi connectivity index (χ4v) is 4.43. The van der Waals surface area contributed by atoms with Crippen molar-refractivity contribution < 1.29 is 9.26 Å². The lowest BCUT2D eigenvalue weighted by atomic mass is 9.82. The van der Waals surface area contributed by atoms with Gasteiger partial charge in [0.25, 0.3) is 5.71 Å². The van der Waals surface area contributed by atoms with Gasteiger partial charge in [0.15, 0.2) is 0 Å². The second-order valence-corrected chi connectivity index (χ2v) is 6.57. The maximum absolute atomic E-state index is 6.05. The number of hydrogen-bond donors (Lipinski definition) is 0. The molecule has 3 aliphatic heterocycles.